The molecule has 6 heteroatoms. The van der Waals surface area contributed by atoms with E-state index in [-0.39, 0.29) is 12.4 Å². The lowest BCUT2D eigenvalue weighted by Gasteiger charge is -2.36. The number of nitrogens with one attached hydrogen (secondary N) is 1. The molecule has 1 saturated heterocycles. The Hall–Kier alpha value is -2.21. The monoisotopic (exact) mass is 355 g/mol. The van der Waals surface area contributed by atoms with Crippen LogP contribution in [0.15, 0.2) is 67.5 Å². The third-order valence-electron chi connectivity index (χ3n) is 4.57. The number of piperazine rings is 1. The van der Waals surface area contributed by atoms with Crippen LogP contribution in [0.5, 0.6) is 0 Å². The Morgan fingerprint density at radius 1 is 1.00 bits per heavy atom. The minimum atomic E-state index is 0. The van der Waals surface area contributed by atoms with E-state index in [9.17, 15) is 0 Å². The van der Waals surface area contributed by atoms with Crippen molar-refractivity contribution < 1.29 is 0 Å². The lowest BCUT2D eigenvalue weighted by Crippen LogP contribution is -2.45. The number of hydrogen-bond donors (Lipinski definition) is 1. The van der Waals surface area contributed by atoms with Gasteiger partial charge in [-0.2, -0.15) is 0 Å². The minimum Gasteiger partial charge on any atom is -0.314 e. The van der Waals surface area contributed by atoms with Gasteiger partial charge in [0.15, 0.2) is 0 Å². The molecule has 25 heavy (non-hydrogen) atoms. The van der Waals surface area contributed by atoms with E-state index >= 15 is 0 Å². The van der Waals surface area contributed by atoms with E-state index < -0.39 is 0 Å². The Labute approximate surface area is 154 Å². The first-order valence-electron chi connectivity index (χ1n) is 8.32. The summed E-state index contributed by atoms with van der Waals surface area (Å²) >= 11 is 0. The molecule has 1 atom stereocenters. The van der Waals surface area contributed by atoms with Crippen LogP contribution in [-0.2, 0) is 6.54 Å². The minimum absolute atomic E-state index is 0. The molecule has 1 aromatic carbocycles. The summed E-state index contributed by atoms with van der Waals surface area (Å²) in [6.07, 6.45) is 9.34. The zero-order chi connectivity index (χ0) is 16.2. The molecule has 1 unspecified atom stereocenters. The van der Waals surface area contributed by atoms with Crippen molar-refractivity contribution in [2.24, 2.45) is 0 Å². The maximum absolute atomic E-state index is 4.14. The van der Waals surface area contributed by atoms with Crippen LogP contribution in [0, 0.1) is 0 Å². The van der Waals surface area contributed by atoms with Gasteiger partial charge in [0.2, 0.25) is 0 Å². The highest BCUT2D eigenvalue weighted by molar-refractivity contribution is 5.85. The molecule has 1 fully saturated rings. The summed E-state index contributed by atoms with van der Waals surface area (Å²) in [7, 11) is 0. The molecule has 4 rings (SSSR count). The van der Waals surface area contributed by atoms with E-state index in [4.69, 9.17) is 0 Å². The summed E-state index contributed by atoms with van der Waals surface area (Å²) in [6.45, 7) is 4.03. The highest BCUT2D eigenvalue weighted by Gasteiger charge is 2.23. The van der Waals surface area contributed by atoms with Crippen LogP contribution in [0.1, 0.15) is 17.2 Å². The van der Waals surface area contributed by atoms with Gasteiger partial charge >= 0.3 is 0 Å². The van der Waals surface area contributed by atoms with Gasteiger partial charge in [-0.05, 0) is 35.4 Å². The van der Waals surface area contributed by atoms with Crippen LogP contribution in [0.25, 0.3) is 5.69 Å². The molecule has 1 aliphatic rings. The number of aromatic nitrogens is 3. The molecule has 0 amide bonds. The Morgan fingerprint density at radius 3 is 2.52 bits per heavy atom. The molecule has 3 aromatic rings. The molecule has 0 saturated carbocycles. The Bertz CT molecular complexity index is 758. The normalized spacial score (nSPS) is 17.8. The van der Waals surface area contributed by atoms with E-state index in [1.807, 2.05) is 29.5 Å². The first-order chi connectivity index (χ1) is 11.9. The van der Waals surface area contributed by atoms with Crippen molar-refractivity contribution >= 4 is 12.4 Å². The van der Waals surface area contributed by atoms with Crippen LogP contribution in [0.3, 0.4) is 0 Å². The molecule has 1 N–H and O–H groups in total. The average Bonchev–Trinajstić information content (AvgIpc) is 3.18. The van der Waals surface area contributed by atoms with Gasteiger partial charge in [0.25, 0.3) is 0 Å². The molecule has 5 nitrogen and oxygen atoms in total. The fraction of sp³-hybridized carbons (Fsp3) is 0.263. The van der Waals surface area contributed by atoms with Gasteiger partial charge in [0.05, 0.1) is 6.33 Å². The number of hydrogen-bond acceptors (Lipinski definition) is 4. The molecule has 0 radical (unpaired) electrons. The average molecular weight is 356 g/mol. The van der Waals surface area contributed by atoms with Crippen LogP contribution < -0.4 is 5.32 Å². The summed E-state index contributed by atoms with van der Waals surface area (Å²) < 4.78 is 2.02. The lowest BCUT2D eigenvalue weighted by molar-refractivity contribution is 0.153. The van der Waals surface area contributed by atoms with Crippen molar-refractivity contribution in [1.82, 2.24) is 24.8 Å². The molecule has 3 heterocycles. The first-order valence-corrected chi connectivity index (χ1v) is 8.32. The van der Waals surface area contributed by atoms with Crippen molar-refractivity contribution in [3.63, 3.8) is 0 Å². The molecule has 1 aliphatic heterocycles. The predicted molar refractivity (Wildman–Crippen MR) is 101 cm³/mol. The number of halogens is 1. The molecule has 0 bridgehead atoms. The van der Waals surface area contributed by atoms with Crippen molar-refractivity contribution in [1.29, 1.82) is 0 Å². The van der Waals surface area contributed by atoms with E-state index in [0.717, 1.165) is 31.9 Å². The van der Waals surface area contributed by atoms with Crippen molar-refractivity contribution in [3.05, 3.63) is 78.6 Å². The van der Waals surface area contributed by atoms with Gasteiger partial charge in [-0.3, -0.25) is 9.88 Å². The number of benzene rings is 1. The van der Waals surface area contributed by atoms with Gasteiger partial charge in [0.1, 0.15) is 0 Å². The zero-order valence-corrected chi connectivity index (χ0v) is 14.8. The molecule has 0 aliphatic carbocycles. The second kappa shape index (κ2) is 8.25. The summed E-state index contributed by atoms with van der Waals surface area (Å²) in [4.78, 5) is 10.8. The summed E-state index contributed by atoms with van der Waals surface area (Å²) in [5, 5.41) is 3.50. The van der Waals surface area contributed by atoms with Crippen molar-refractivity contribution in [3.8, 4) is 5.69 Å². The second-order valence-corrected chi connectivity index (χ2v) is 6.11. The third-order valence-corrected chi connectivity index (χ3v) is 4.57. The summed E-state index contributed by atoms with van der Waals surface area (Å²) in [6, 6.07) is 13.4. The molecule has 0 spiro atoms. The van der Waals surface area contributed by atoms with Crippen LogP contribution in [0.4, 0.5) is 0 Å². The maximum atomic E-state index is 4.14. The Balaban J connectivity index is 0.00000182. The number of rotatable bonds is 4. The lowest BCUT2D eigenvalue weighted by atomic mass is 10.0. The third kappa shape index (κ3) is 4.07. The number of nitrogens with zero attached hydrogens (tertiary/aromatic N) is 4. The van der Waals surface area contributed by atoms with E-state index in [0.29, 0.717) is 6.04 Å². The van der Waals surface area contributed by atoms with Gasteiger partial charge in [-0.25, -0.2) is 4.98 Å². The van der Waals surface area contributed by atoms with Crippen LogP contribution in [0.2, 0.25) is 0 Å². The topological polar surface area (TPSA) is 46.0 Å². The van der Waals surface area contributed by atoms with E-state index in [1.54, 1.807) is 6.20 Å². The van der Waals surface area contributed by atoms with Gasteiger partial charge in [-0.1, -0.05) is 12.1 Å². The molecular formula is C19H22ClN5. The van der Waals surface area contributed by atoms with Gasteiger partial charge in [0, 0.05) is 62.7 Å². The van der Waals surface area contributed by atoms with Crippen molar-refractivity contribution in [2.45, 2.75) is 12.6 Å². The fourth-order valence-corrected chi connectivity index (χ4v) is 3.27. The highest BCUT2D eigenvalue weighted by atomic mass is 35.5. The molecular weight excluding hydrogens is 334 g/mol. The largest absolute Gasteiger partial charge is 0.314 e. The SMILES string of the molecule is Cl.c1cc(C2CNCCN2Cc2ccc(-n3ccnc3)cc2)ccn1. The summed E-state index contributed by atoms with van der Waals surface area (Å²) in [5.74, 6) is 0. The zero-order valence-electron chi connectivity index (χ0n) is 14.0. The summed E-state index contributed by atoms with van der Waals surface area (Å²) in [5.41, 5.74) is 3.80. The van der Waals surface area contributed by atoms with E-state index in [2.05, 4.69) is 56.6 Å². The van der Waals surface area contributed by atoms with Crippen LogP contribution in [-0.4, -0.2) is 39.1 Å². The smallest absolute Gasteiger partial charge is 0.0991 e. The fourth-order valence-electron chi connectivity index (χ4n) is 3.27. The molecule has 2 aromatic heterocycles. The quantitative estimate of drug-likeness (QED) is 0.781. The first kappa shape index (κ1) is 17.6. The van der Waals surface area contributed by atoms with Crippen molar-refractivity contribution in [2.75, 3.05) is 19.6 Å². The molecule has 130 valence electrons. The second-order valence-electron chi connectivity index (χ2n) is 6.11. The highest BCUT2D eigenvalue weighted by Crippen LogP contribution is 2.24. The standard InChI is InChI=1S/C19H21N5.ClH/c1-3-18(24-12-10-22-15-24)4-2-16(1)14-23-11-9-21-13-19(23)17-5-7-20-8-6-17;/h1-8,10,12,15,19,21H,9,11,13-14H2;1H. The predicted octanol–water partition coefficient (Wildman–Crippen LogP) is 2.84. The number of pyridine rings is 1. The van der Waals surface area contributed by atoms with Crippen LogP contribution >= 0.6 is 12.4 Å². The van der Waals surface area contributed by atoms with E-state index in [1.165, 1.54) is 11.1 Å². The van der Waals surface area contributed by atoms with Gasteiger partial charge in [-0.15, -0.1) is 12.4 Å². The Morgan fingerprint density at radius 2 is 1.80 bits per heavy atom. The Kier molecular flexibility index (Phi) is 5.81. The number of imidazole rings is 1. The maximum Gasteiger partial charge on any atom is 0.0991 e. The van der Waals surface area contributed by atoms with Gasteiger partial charge < -0.3 is 9.88 Å².